The average molecular weight is 457 g/mol. The monoisotopic (exact) mass is 456 g/mol. The van der Waals surface area contributed by atoms with Crippen molar-refractivity contribution in [2.45, 2.75) is 23.3 Å². The van der Waals surface area contributed by atoms with Gasteiger partial charge in [-0.1, -0.05) is 11.8 Å². The first-order chi connectivity index (χ1) is 15.1. The summed E-state index contributed by atoms with van der Waals surface area (Å²) in [5.41, 5.74) is 2.45. The fraction of sp³-hybridized carbons (Fsp3) is 0.286. The molecule has 1 fully saturated rings. The van der Waals surface area contributed by atoms with Crippen LogP contribution in [0.2, 0.25) is 0 Å². The first kappa shape index (κ1) is 21.4. The van der Waals surface area contributed by atoms with Crippen molar-refractivity contribution in [3.8, 4) is 0 Å². The number of ether oxygens (including phenoxy) is 1. The summed E-state index contributed by atoms with van der Waals surface area (Å²) >= 11 is 2.94. The molecule has 1 aliphatic heterocycles. The number of amides is 1. The molecule has 10 heteroatoms. The highest BCUT2D eigenvalue weighted by molar-refractivity contribution is 8.01. The number of fused-ring (bicyclic) bond motifs is 1. The number of carbonyl (C=O) groups is 1. The largest absolute Gasteiger partial charge is 0.376 e. The Labute approximate surface area is 186 Å². The molecule has 2 heterocycles. The van der Waals surface area contributed by atoms with E-state index in [4.69, 9.17) is 4.74 Å². The topological polar surface area (TPSA) is 107 Å². The molecule has 1 N–H and O–H groups in total. The number of nitrogens with one attached hydrogen (secondary N) is 1. The molecule has 1 saturated heterocycles. The van der Waals surface area contributed by atoms with Gasteiger partial charge in [0.15, 0.2) is 4.34 Å². The number of aromatic nitrogens is 1. The van der Waals surface area contributed by atoms with E-state index in [0.29, 0.717) is 12.3 Å². The van der Waals surface area contributed by atoms with Gasteiger partial charge in [0.25, 0.3) is 5.69 Å². The van der Waals surface area contributed by atoms with Crippen molar-refractivity contribution in [2.24, 2.45) is 4.99 Å². The summed E-state index contributed by atoms with van der Waals surface area (Å²) in [6, 6.07) is 11.9. The fourth-order valence-electron chi connectivity index (χ4n) is 3.08. The molecule has 0 radical (unpaired) electrons. The van der Waals surface area contributed by atoms with Gasteiger partial charge in [-0.15, -0.1) is 11.3 Å². The van der Waals surface area contributed by atoms with Gasteiger partial charge in [-0.3, -0.25) is 19.9 Å². The predicted molar refractivity (Wildman–Crippen MR) is 123 cm³/mol. The lowest BCUT2D eigenvalue weighted by Gasteiger charge is -2.09. The van der Waals surface area contributed by atoms with E-state index in [1.54, 1.807) is 18.3 Å². The normalized spacial score (nSPS) is 16.2. The van der Waals surface area contributed by atoms with Crippen molar-refractivity contribution in [3.63, 3.8) is 0 Å². The molecule has 31 heavy (non-hydrogen) atoms. The number of non-ortho nitro benzene ring substituents is 1. The standard InChI is InChI=1S/C21H20N4O4S2/c26-20(23-12-17-2-1-9-29-17)13-30-21-24-18-8-5-15(10-19(18)31-21)22-11-14-3-6-16(7-4-14)25(27)28/h3-8,10-11,17H,1-2,9,12-13H2,(H,23,26)/t17-/m1/s1. The van der Waals surface area contributed by atoms with E-state index in [1.807, 2.05) is 18.2 Å². The molecule has 1 aromatic heterocycles. The van der Waals surface area contributed by atoms with Gasteiger partial charge in [-0.2, -0.15) is 0 Å². The number of aliphatic imine (C=N–C) groups is 1. The van der Waals surface area contributed by atoms with Crippen LogP contribution in [0.15, 0.2) is 51.8 Å². The minimum atomic E-state index is -0.429. The van der Waals surface area contributed by atoms with E-state index in [-0.39, 0.29) is 17.7 Å². The molecule has 8 nitrogen and oxygen atoms in total. The first-order valence-corrected chi connectivity index (χ1v) is 11.6. The van der Waals surface area contributed by atoms with Crippen molar-refractivity contribution in [2.75, 3.05) is 18.9 Å². The van der Waals surface area contributed by atoms with Gasteiger partial charge in [0.1, 0.15) is 0 Å². The molecule has 3 aromatic rings. The highest BCUT2D eigenvalue weighted by atomic mass is 32.2. The molecular formula is C21H20N4O4S2. The number of hydrogen-bond acceptors (Lipinski definition) is 8. The van der Waals surface area contributed by atoms with E-state index >= 15 is 0 Å². The van der Waals surface area contributed by atoms with Crippen LogP contribution in [-0.4, -0.2) is 47.0 Å². The minimum Gasteiger partial charge on any atom is -0.376 e. The van der Waals surface area contributed by atoms with Gasteiger partial charge in [0.05, 0.1) is 32.7 Å². The van der Waals surface area contributed by atoms with Gasteiger partial charge in [-0.25, -0.2) is 4.98 Å². The van der Waals surface area contributed by atoms with Crippen molar-refractivity contribution in [3.05, 3.63) is 58.1 Å². The van der Waals surface area contributed by atoms with Crippen molar-refractivity contribution < 1.29 is 14.5 Å². The number of rotatable bonds is 8. The Morgan fingerprint density at radius 1 is 1.35 bits per heavy atom. The summed E-state index contributed by atoms with van der Waals surface area (Å²) < 4.78 is 7.33. The van der Waals surface area contributed by atoms with E-state index in [0.717, 1.165) is 45.3 Å². The van der Waals surface area contributed by atoms with Crippen molar-refractivity contribution >= 4 is 56.8 Å². The van der Waals surface area contributed by atoms with Gasteiger partial charge < -0.3 is 10.1 Å². The maximum Gasteiger partial charge on any atom is 0.269 e. The summed E-state index contributed by atoms with van der Waals surface area (Å²) in [5, 5.41) is 13.6. The lowest BCUT2D eigenvalue weighted by Crippen LogP contribution is -2.32. The molecule has 0 saturated carbocycles. The molecule has 0 aliphatic carbocycles. The highest BCUT2D eigenvalue weighted by Crippen LogP contribution is 2.32. The number of nitro groups is 1. The Balaban J connectivity index is 1.34. The Hall–Kier alpha value is -2.82. The Morgan fingerprint density at radius 3 is 2.94 bits per heavy atom. The molecule has 1 atom stereocenters. The number of hydrogen-bond donors (Lipinski definition) is 1. The summed E-state index contributed by atoms with van der Waals surface area (Å²) in [7, 11) is 0. The van der Waals surface area contributed by atoms with E-state index in [2.05, 4.69) is 15.3 Å². The molecule has 0 bridgehead atoms. The molecule has 1 amide bonds. The van der Waals surface area contributed by atoms with Crippen LogP contribution < -0.4 is 5.32 Å². The smallest absolute Gasteiger partial charge is 0.269 e. The maximum absolute atomic E-state index is 12.1. The minimum absolute atomic E-state index is 0.0202. The molecule has 4 rings (SSSR count). The Bertz CT molecular complexity index is 1110. The Morgan fingerprint density at radius 2 is 2.19 bits per heavy atom. The molecule has 0 spiro atoms. The third-order valence-corrected chi connectivity index (χ3v) is 6.86. The van der Waals surface area contributed by atoms with E-state index in [9.17, 15) is 14.9 Å². The SMILES string of the molecule is O=C(CSc1nc2ccc(N=Cc3ccc([N+](=O)[O-])cc3)cc2s1)NC[C@H]1CCCO1. The second-order valence-electron chi connectivity index (χ2n) is 6.97. The third kappa shape index (κ3) is 5.87. The fourth-order valence-corrected chi connectivity index (χ4v) is 5.01. The Kier molecular flexibility index (Phi) is 6.90. The summed E-state index contributed by atoms with van der Waals surface area (Å²) in [4.78, 5) is 31.4. The number of nitro benzene ring substituents is 1. The van der Waals surface area contributed by atoms with Crippen LogP contribution >= 0.6 is 23.1 Å². The maximum atomic E-state index is 12.1. The van der Waals surface area contributed by atoms with Crippen LogP contribution in [0, 0.1) is 10.1 Å². The summed E-state index contributed by atoms with van der Waals surface area (Å²) in [6.45, 7) is 1.34. The zero-order chi connectivity index (χ0) is 21.6. The zero-order valence-electron chi connectivity index (χ0n) is 16.5. The highest BCUT2D eigenvalue weighted by Gasteiger charge is 2.16. The van der Waals surface area contributed by atoms with Crippen molar-refractivity contribution in [1.29, 1.82) is 0 Å². The molecule has 0 unspecified atom stereocenters. The van der Waals surface area contributed by atoms with Crippen LogP contribution in [0.4, 0.5) is 11.4 Å². The second kappa shape index (κ2) is 9.99. The van der Waals surface area contributed by atoms with Gasteiger partial charge in [0, 0.05) is 31.5 Å². The number of nitrogens with zero attached hydrogens (tertiary/aromatic N) is 3. The zero-order valence-corrected chi connectivity index (χ0v) is 18.2. The van der Waals surface area contributed by atoms with Crippen LogP contribution in [-0.2, 0) is 9.53 Å². The van der Waals surface area contributed by atoms with Crippen LogP contribution in [0.25, 0.3) is 10.2 Å². The van der Waals surface area contributed by atoms with Gasteiger partial charge in [-0.05, 0) is 48.7 Å². The second-order valence-corrected chi connectivity index (χ2v) is 9.22. The first-order valence-electron chi connectivity index (χ1n) is 9.77. The predicted octanol–water partition coefficient (Wildman–Crippen LogP) is 4.34. The van der Waals surface area contributed by atoms with Gasteiger partial charge >= 0.3 is 0 Å². The van der Waals surface area contributed by atoms with Crippen LogP contribution in [0.5, 0.6) is 0 Å². The molecular weight excluding hydrogens is 436 g/mol. The lowest BCUT2D eigenvalue weighted by atomic mass is 10.2. The molecule has 2 aromatic carbocycles. The lowest BCUT2D eigenvalue weighted by molar-refractivity contribution is -0.384. The third-order valence-electron chi connectivity index (χ3n) is 4.70. The number of thiazole rings is 1. The van der Waals surface area contributed by atoms with Crippen LogP contribution in [0.1, 0.15) is 18.4 Å². The summed E-state index contributed by atoms with van der Waals surface area (Å²) in [5.74, 6) is 0.297. The van der Waals surface area contributed by atoms with E-state index < -0.39 is 4.92 Å². The molecule has 1 aliphatic rings. The summed E-state index contributed by atoms with van der Waals surface area (Å²) in [6.07, 6.45) is 3.86. The quantitative estimate of drug-likeness (QED) is 0.234. The number of benzene rings is 2. The van der Waals surface area contributed by atoms with Crippen LogP contribution in [0.3, 0.4) is 0 Å². The van der Waals surface area contributed by atoms with E-state index in [1.165, 1.54) is 35.2 Å². The van der Waals surface area contributed by atoms with Crippen molar-refractivity contribution in [1.82, 2.24) is 10.3 Å². The molecule has 160 valence electrons. The average Bonchev–Trinajstić information content (AvgIpc) is 3.44. The number of thioether (sulfide) groups is 1. The van der Waals surface area contributed by atoms with Gasteiger partial charge in [0.2, 0.25) is 5.91 Å². The number of carbonyl (C=O) groups excluding carboxylic acids is 1.